The summed E-state index contributed by atoms with van der Waals surface area (Å²) in [6, 6.07) is 9.74. The first-order chi connectivity index (χ1) is 13.0. The largest absolute Gasteiger partial charge is 0.370 e. The van der Waals surface area contributed by atoms with Crippen molar-refractivity contribution in [2.75, 3.05) is 41.8 Å². The van der Waals surface area contributed by atoms with Crippen molar-refractivity contribution in [3.63, 3.8) is 0 Å². The number of rotatable bonds is 5. The molecule has 10 heteroatoms. The lowest BCUT2D eigenvalue weighted by Crippen LogP contribution is -2.41. The number of benzene rings is 1. The number of hydrogen-bond donors (Lipinski definition) is 3. The number of ether oxygens (including phenoxy) is 1. The van der Waals surface area contributed by atoms with E-state index in [4.69, 9.17) is 16.3 Å². The van der Waals surface area contributed by atoms with Crippen LogP contribution in [0.3, 0.4) is 0 Å². The molecule has 8 nitrogen and oxygen atoms in total. The molecule has 0 atom stereocenters. The molecule has 142 valence electrons. The Morgan fingerprint density at radius 1 is 1.15 bits per heavy atom. The van der Waals surface area contributed by atoms with Crippen molar-refractivity contribution < 1.29 is 19.1 Å². The molecule has 4 amide bonds. The lowest BCUT2D eigenvalue weighted by Gasteiger charge is -2.26. The maximum absolute atomic E-state index is 12.0. The van der Waals surface area contributed by atoms with Crippen LogP contribution in [0.2, 0.25) is 4.34 Å². The molecule has 0 spiro atoms. The van der Waals surface area contributed by atoms with Crippen LogP contribution < -0.4 is 20.9 Å². The van der Waals surface area contributed by atoms with E-state index in [1.165, 1.54) is 11.3 Å². The second-order valence-corrected chi connectivity index (χ2v) is 7.32. The minimum absolute atomic E-state index is 0.0733. The Morgan fingerprint density at radius 2 is 1.93 bits per heavy atom. The standard InChI is InChI=1S/C17H17ClN4O4S/c18-13-5-6-15(27-13)21-17(25)19-9-14(23)20-11-1-3-12(4-2-11)22-7-8-26-10-16(22)24/h1-6H,7-10H2,(H,20,23)(H2,19,21,25). The van der Waals surface area contributed by atoms with Crippen LogP contribution >= 0.6 is 22.9 Å². The van der Waals surface area contributed by atoms with Gasteiger partial charge in [-0.3, -0.25) is 14.9 Å². The Labute approximate surface area is 164 Å². The van der Waals surface area contributed by atoms with E-state index in [1.807, 2.05) is 0 Å². The van der Waals surface area contributed by atoms with Gasteiger partial charge in [0.1, 0.15) is 6.61 Å². The number of carbonyl (C=O) groups excluding carboxylic acids is 3. The third kappa shape index (κ3) is 5.43. The fourth-order valence-corrected chi connectivity index (χ4v) is 3.36. The van der Waals surface area contributed by atoms with E-state index < -0.39 is 6.03 Å². The zero-order chi connectivity index (χ0) is 19.2. The van der Waals surface area contributed by atoms with E-state index in [2.05, 4.69) is 16.0 Å². The van der Waals surface area contributed by atoms with Gasteiger partial charge < -0.3 is 20.3 Å². The third-order valence-corrected chi connectivity index (χ3v) is 4.81. The maximum atomic E-state index is 12.0. The van der Waals surface area contributed by atoms with E-state index >= 15 is 0 Å². The highest BCUT2D eigenvalue weighted by Gasteiger charge is 2.20. The van der Waals surface area contributed by atoms with Gasteiger partial charge in [0.05, 0.1) is 22.5 Å². The number of morpholine rings is 1. The van der Waals surface area contributed by atoms with Crippen molar-refractivity contribution in [3.8, 4) is 0 Å². The van der Waals surface area contributed by atoms with Crippen LogP contribution in [0, 0.1) is 0 Å². The zero-order valence-electron chi connectivity index (χ0n) is 14.2. The predicted molar refractivity (Wildman–Crippen MR) is 105 cm³/mol. The molecule has 0 unspecified atom stereocenters. The lowest BCUT2D eigenvalue weighted by atomic mass is 10.2. The average molecular weight is 409 g/mol. The summed E-state index contributed by atoms with van der Waals surface area (Å²) in [5.41, 5.74) is 1.31. The Balaban J connectivity index is 1.46. The highest BCUT2D eigenvalue weighted by molar-refractivity contribution is 7.20. The van der Waals surface area contributed by atoms with Crippen molar-refractivity contribution in [2.24, 2.45) is 0 Å². The van der Waals surface area contributed by atoms with Gasteiger partial charge in [0, 0.05) is 17.9 Å². The molecule has 1 aromatic heterocycles. The van der Waals surface area contributed by atoms with Gasteiger partial charge in [0.25, 0.3) is 5.91 Å². The van der Waals surface area contributed by atoms with Gasteiger partial charge in [-0.1, -0.05) is 11.6 Å². The minimum atomic E-state index is -0.496. The number of hydrogen-bond acceptors (Lipinski definition) is 5. The summed E-state index contributed by atoms with van der Waals surface area (Å²) in [4.78, 5) is 37.2. The molecule has 1 aliphatic rings. The molecule has 0 bridgehead atoms. The molecule has 1 fully saturated rings. The van der Waals surface area contributed by atoms with Gasteiger partial charge in [0.2, 0.25) is 5.91 Å². The SMILES string of the molecule is O=C(CNC(=O)Nc1ccc(Cl)s1)Nc1ccc(N2CCOCC2=O)cc1. The first-order valence-electron chi connectivity index (χ1n) is 8.09. The Kier molecular flexibility index (Phi) is 6.28. The number of nitrogens with one attached hydrogen (secondary N) is 3. The average Bonchev–Trinajstić information content (AvgIpc) is 3.06. The second kappa shape index (κ2) is 8.85. The number of anilines is 3. The summed E-state index contributed by atoms with van der Waals surface area (Å²) in [7, 11) is 0. The molecule has 0 aliphatic carbocycles. The van der Waals surface area contributed by atoms with Gasteiger partial charge in [-0.25, -0.2) is 4.79 Å². The molecular formula is C17H17ClN4O4S. The molecule has 3 rings (SSSR count). The third-order valence-electron chi connectivity index (χ3n) is 3.67. The Morgan fingerprint density at radius 3 is 2.59 bits per heavy atom. The van der Waals surface area contributed by atoms with E-state index in [1.54, 1.807) is 41.3 Å². The van der Waals surface area contributed by atoms with Gasteiger partial charge in [-0.05, 0) is 36.4 Å². The van der Waals surface area contributed by atoms with Gasteiger partial charge >= 0.3 is 6.03 Å². The minimum Gasteiger partial charge on any atom is -0.370 e. The lowest BCUT2D eigenvalue weighted by molar-refractivity contribution is -0.125. The van der Waals surface area contributed by atoms with Crippen molar-refractivity contribution in [3.05, 3.63) is 40.7 Å². The first-order valence-corrected chi connectivity index (χ1v) is 9.29. The topological polar surface area (TPSA) is 99.8 Å². The fraction of sp³-hybridized carbons (Fsp3) is 0.235. The van der Waals surface area contributed by atoms with Crippen LogP contribution in [-0.2, 0) is 14.3 Å². The van der Waals surface area contributed by atoms with Crippen LogP contribution in [-0.4, -0.2) is 44.1 Å². The summed E-state index contributed by atoms with van der Waals surface area (Å²) in [5, 5.41) is 8.32. The summed E-state index contributed by atoms with van der Waals surface area (Å²) in [6.45, 7) is 0.882. The summed E-state index contributed by atoms with van der Waals surface area (Å²) >= 11 is 7.01. The zero-order valence-corrected chi connectivity index (χ0v) is 15.7. The van der Waals surface area contributed by atoms with E-state index in [9.17, 15) is 14.4 Å². The smallest absolute Gasteiger partial charge is 0.320 e. The predicted octanol–water partition coefficient (Wildman–Crippen LogP) is 2.52. The van der Waals surface area contributed by atoms with Crippen molar-refractivity contribution in [1.82, 2.24) is 5.32 Å². The molecule has 1 aliphatic heterocycles. The highest BCUT2D eigenvalue weighted by atomic mass is 35.5. The van der Waals surface area contributed by atoms with E-state index in [0.717, 1.165) is 5.69 Å². The molecule has 2 heterocycles. The van der Waals surface area contributed by atoms with Gasteiger partial charge in [-0.15, -0.1) is 11.3 Å². The van der Waals surface area contributed by atoms with Crippen LogP contribution in [0.5, 0.6) is 0 Å². The Hall–Kier alpha value is -2.62. The monoisotopic (exact) mass is 408 g/mol. The fourth-order valence-electron chi connectivity index (χ4n) is 2.42. The van der Waals surface area contributed by atoms with Gasteiger partial charge in [0.15, 0.2) is 0 Å². The molecule has 1 saturated heterocycles. The van der Waals surface area contributed by atoms with Crippen molar-refractivity contribution >= 4 is 57.2 Å². The number of thiophene rings is 1. The highest BCUT2D eigenvalue weighted by Crippen LogP contribution is 2.25. The summed E-state index contributed by atoms with van der Waals surface area (Å²) in [6.07, 6.45) is 0. The van der Waals surface area contributed by atoms with Crippen LogP contribution in [0.25, 0.3) is 0 Å². The molecule has 0 radical (unpaired) electrons. The molecule has 2 aromatic rings. The number of carbonyl (C=O) groups is 3. The van der Waals surface area contributed by atoms with Crippen LogP contribution in [0.1, 0.15) is 0 Å². The quantitative estimate of drug-likeness (QED) is 0.707. The first kappa shape index (κ1) is 19.2. The maximum Gasteiger partial charge on any atom is 0.320 e. The van der Waals surface area contributed by atoms with Crippen LogP contribution in [0.15, 0.2) is 36.4 Å². The van der Waals surface area contributed by atoms with Gasteiger partial charge in [-0.2, -0.15) is 0 Å². The Bertz CT molecular complexity index is 840. The molecule has 27 heavy (non-hydrogen) atoms. The number of amides is 4. The number of urea groups is 1. The molecule has 3 N–H and O–H groups in total. The normalized spacial score (nSPS) is 14.0. The molecule has 1 aromatic carbocycles. The van der Waals surface area contributed by atoms with Crippen LogP contribution in [0.4, 0.5) is 21.2 Å². The number of halogens is 1. The van der Waals surface area contributed by atoms with Crippen molar-refractivity contribution in [2.45, 2.75) is 0 Å². The molecule has 0 saturated carbocycles. The van der Waals surface area contributed by atoms with E-state index in [0.29, 0.717) is 28.2 Å². The van der Waals surface area contributed by atoms with Crippen molar-refractivity contribution in [1.29, 1.82) is 0 Å². The van der Waals surface area contributed by atoms with E-state index in [-0.39, 0.29) is 25.0 Å². The summed E-state index contributed by atoms with van der Waals surface area (Å²) in [5.74, 6) is -0.468. The molecular weight excluding hydrogens is 392 g/mol. The summed E-state index contributed by atoms with van der Waals surface area (Å²) < 4.78 is 5.66. The second-order valence-electron chi connectivity index (χ2n) is 5.60. The number of nitrogens with zero attached hydrogens (tertiary/aromatic N) is 1.